The zero-order valence-electron chi connectivity index (χ0n) is 14.2. The fraction of sp³-hybridized carbons (Fsp3) is 0.611. The summed E-state index contributed by atoms with van der Waals surface area (Å²) in [6.07, 6.45) is 4.05. The van der Waals surface area contributed by atoms with Gasteiger partial charge >= 0.3 is 0 Å². The lowest BCUT2D eigenvalue weighted by Crippen LogP contribution is -2.53. The molecule has 4 nitrogen and oxygen atoms in total. The molecule has 0 spiro atoms. The Kier molecular flexibility index (Phi) is 5.12. The lowest BCUT2D eigenvalue weighted by Gasteiger charge is -2.39. The summed E-state index contributed by atoms with van der Waals surface area (Å²) >= 11 is 0. The number of carbonyl (C=O) groups excluding carboxylic acids is 1. The largest absolute Gasteiger partial charge is 0.496 e. The van der Waals surface area contributed by atoms with Gasteiger partial charge in [0.1, 0.15) is 5.75 Å². The average molecular weight is 304 g/mol. The Hall–Kier alpha value is -1.55. The van der Waals surface area contributed by atoms with Crippen LogP contribution in [0.15, 0.2) is 18.2 Å². The van der Waals surface area contributed by atoms with Crippen LogP contribution in [0.3, 0.4) is 0 Å². The average Bonchev–Trinajstić information content (AvgIpc) is 2.46. The molecule has 1 aliphatic rings. The van der Waals surface area contributed by atoms with Gasteiger partial charge in [-0.1, -0.05) is 25.0 Å². The highest BCUT2D eigenvalue weighted by atomic mass is 16.5. The van der Waals surface area contributed by atoms with Crippen LogP contribution in [0.25, 0.3) is 0 Å². The van der Waals surface area contributed by atoms with Crippen molar-refractivity contribution in [2.24, 2.45) is 11.7 Å². The van der Waals surface area contributed by atoms with Crippen molar-refractivity contribution in [3.05, 3.63) is 29.3 Å². The van der Waals surface area contributed by atoms with Crippen molar-refractivity contribution in [3.63, 3.8) is 0 Å². The molecule has 1 aromatic rings. The van der Waals surface area contributed by atoms with Crippen molar-refractivity contribution in [1.82, 2.24) is 4.90 Å². The van der Waals surface area contributed by atoms with Gasteiger partial charge in [-0.2, -0.15) is 0 Å². The first kappa shape index (κ1) is 16.8. The number of amides is 1. The molecule has 1 amide bonds. The lowest BCUT2D eigenvalue weighted by atomic mass is 9.74. The van der Waals surface area contributed by atoms with Crippen LogP contribution in [0.5, 0.6) is 5.75 Å². The van der Waals surface area contributed by atoms with E-state index in [0.29, 0.717) is 6.54 Å². The summed E-state index contributed by atoms with van der Waals surface area (Å²) in [5.41, 5.74) is 8.18. The van der Waals surface area contributed by atoms with Crippen LogP contribution in [0, 0.1) is 12.8 Å². The van der Waals surface area contributed by atoms with E-state index in [1.54, 1.807) is 7.11 Å². The van der Waals surface area contributed by atoms with E-state index in [2.05, 4.69) is 6.07 Å². The molecular weight excluding hydrogens is 276 g/mol. The fourth-order valence-corrected chi connectivity index (χ4v) is 3.42. The molecule has 2 N–H and O–H groups in total. The third kappa shape index (κ3) is 3.61. The highest BCUT2D eigenvalue weighted by molar-refractivity contribution is 5.80. The molecule has 122 valence electrons. The normalized spacial score (nSPS) is 24.9. The van der Waals surface area contributed by atoms with E-state index in [-0.39, 0.29) is 17.4 Å². The first-order chi connectivity index (χ1) is 10.3. The second-order valence-electron chi connectivity index (χ2n) is 6.80. The Balaban J connectivity index is 2.06. The second kappa shape index (κ2) is 6.69. The molecule has 0 saturated heterocycles. The summed E-state index contributed by atoms with van der Waals surface area (Å²) in [7, 11) is 3.54. The predicted octanol–water partition coefficient (Wildman–Crippen LogP) is 2.87. The summed E-state index contributed by atoms with van der Waals surface area (Å²) in [6, 6.07) is 6.04. The van der Waals surface area contributed by atoms with Crippen molar-refractivity contribution >= 4 is 5.91 Å². The molecule has 1 fully saturated rings. The third-order valence-electron chi connectivity index (χ3n) is 4.81. The molecule has 0 aliphatic heterocycles. The third-order valence-corrected chi connectivity index (χ3v) is 4.81. The Bertz CT molecular complexity index is 540. The van der Waals surface area contributed by atoms with E-state index in [0.717, 1.165) is 42.6 Å². The molecule has 1 saturated carbocycles. The summed E-state index contributed by atoms with van der Waals surface area (Å²) < 4.78 is 5.28. The Morgan fingerprint density at radius 1 is 1.45 bits per heavy atom. The first-order valence-electron chi connectivity index (χ1n) is 8.02. The summed E-state index contributed by atoms with van der Waals surface area (Å²) in [5.74, 6) is 0.975. The minimum atomic E-state index is -0.376. The van der Waals surface area contributed by atoms with Gasteiger partial charge in [0.25, 0.3) is 0 Å². The maximum atomic E-state index is 12.7. The Labute approximate surface area is 133 Å². The van der Waals surface area contributed by atoms with Gasteiger partial charge in [0, 0.05) is 19.1 Å². The maximum Gasteiger partial charge on any atom is 0.227 e. The number of methoxy groups -OCH3 is 1. The lowest BCUT2D eigenvalue weighted by molar-refractivity contribution is -0.138. The monoisotopic (exact) mass is 304 g/mol. The SMILES string of the molecule is COc1ccc(CN(C)C(=O)C2CCCCC2(C)N)cc1C. The van der Waals surface area contributed by atoms with E-state index in [9.17, 15) is 4.79 Å². The van der Waals surface area contributed by atoms with Crippen molar-refractivity contribution in [3.8, 4) is 5.75 Å². The van der Waals surface area contributed by atoms with Gasteiger partial charge in [-0.3, -0.25) is 4.79 Å². The number of hydrogen-bond donors (Lipinski definition) is 1. The van der Waals surface area contributed by atoms with Gasteiger partial charge in [-0.25, -0.2) is 0 Å². The van der Waals surface area contributed by atoms with Crippen LogP contribution in [0.1, 0.15) is 43.7 Å². The molecule has 0 radical (unpaired) electrons. The molecule has 2 atom stereocenters. The maximum absolute atomic E-state index is 12.7. The highest BCUT2D eigenvalue weighted by Crippen LogP contribution is 2.33. The van der Waals surface area contributed by atoms with Crippen molar-refractivity contribution in [1.29, 1.82) is 0 Å². The van der Waals surface area contributed by atoms with Crippen molar-refractivity contribution < 1.29 is 9.53 Å². The first-order valence-corrected chi connectivity index (χ1v) is 8.02. The van der Waals surface area contributed by atoms with E-state index < -0.39 is 0 Å². The molecule has 1 aliphatic carbocycles. The van der Waals surface area contributed by atoms with Gasteiger partial charge in [0.05, 0.1) is 13.0 Å². The summed E-state index contributed by atoms with van der Waals surface area (Å²) in [5, 5.41) is 0. The van der Waals surface area contributed by atoms with Crippen LogP contribution >= 0.6 is 0 Å². The fourth-order valence-electron chi connectivity index (χ4n) is 3.42. The van der Waals surface area contributed by atoms with Gasteiger partial charge in [0.2, 0.25) is 5.91 Å². The zero-order valence-corrected chi connectivity index (χ0v) is 14.2. The van der Waals surface area contributed by atoms with Crippen LogP contribution in [0.2, 0.25) is 0 Å². The minimum absolute atomic E-state index is 0.0643. The van der Waals surface area contributed by atoms with Gasteiger partial charge < -0.3 is 15.4 Å². The zero-order chi connectivity index (χ0) is 16.3. The summed E-state index contributed by atoms with van der Waals surface area (Å²) in [4.78, 5) is 14.6. The quantitative estimate of drug-likeness (QED) is 0.930. The molecule has 0 heterocycles. The molecule has 1 aromatic carbocycles. The smallest absolute Gasteiger partial charge is 0.227 e. The van der Waals surface area contributed by atoms with Crippen molar-refractivity contribution in [2.75, 3.05) is 14.2 Å². The molecule has 0 aromatic heterocycles. The molecule has 22 heavy (non-hydrogen) atoms. The number of benzene rings is 1. The van der Waals surface area contributed by atoms with Gasteiger partial charge in [-0.05, 0) is 43.9 Å². The predicted molar refractivity (Wildman–Crippen MR) is 88.8 cm³/mol. The molecule has 2 rings (SSSR count). The van der Waals surface area contributed by atoms with Gasteiger partial charge in [-0.15, -0.1) is 0 Å². The summed E-state index contributed by atoms with van der Waals surface area (Å²) in [6.45, 7) is 4.64. The van der Waals surface area contributed by atoms with Crippen LogP contribution in [-0.4, -0.2) is 30.5 Å². The molecule has 0 bridgehead atoms. The number of hydrogen-bond acceptors (Lipinski definition) is 3. The van der Waals surface area contributed by atoms with Crippen LogP contribution in [0.4, 0.5) is 0 Å². The van der Waals surface area contributed by atoms with E-state index in [1.165, 1.54) is 0 Å². The number of ether oxygens (including phenoxy) is 1. The molecular formula is C18H28N2O2. The molecule has 2 unspecified atom stereocenters. The number of aryl methyl sites for hydroxylation is 1. The second-order valence-corrected chi connectivity index (χ2v) is 6.80. The Morgan fingerprint density at radius 3 is 2.77 bits per heavy atom. The standard InChI is InChI=1S/C18H28N2O2/c1-13-11-14(8-9-16(13)22-4)12-20(3)17(21)15-7-5-6-10-18(15,2)19/h8-9,11,15H,5-7,10,12,19H2,1-4H3. The minimum Gasteiger partial charge on any atom is -0.496 e. The van der Waals surface area contributed by atoms with E-state index in [4.69, 9.17) is 10.5 Å². The number of rotatable bonds is 4. The number of nitrogens with zero attached hydrogens (tertiary/aromatic N) is 1. The molecule has 4 heteroatoms. The van der Waals surface area contributed by atoms with Crippen LogP contribution in [-0.2, 0) is 11.3 Å². The van der Waals surface area contributed by atoms with Gasteiger partial charge in [0.15, 0.2) is 0 Å². The number of carbonyl (C=O) groups is 1. The van der Waals surface area contributed by atoms with E-state index in [1.807, 2.05) is 37.9 Å². The Morgan fingerprint density at radius 2 is 2.18 bits per heavy atom. The van der Waals surface area contributed by atoms with E-state index >= 15 is 0 Å². The van der Waals surface area contributed by atoms with Crippen LogP contribution < -0.4 is 10.5 Å². The highest BCUT2D eigenvalue weighted by Gasteiger charge is 2.39. The topological polar surface area (TPSA) is 55.6 Å². The number of nitrogens with two attached hydrogens (primary N) is 1. The van der Waals surface area contributed by atoms with Crippen molar-refractivity contribution in [2.45, 2.75) is 51.6 Å².